The molecule has 1 amide bonds. The van der Waals surface area contributed by atoms with Crippen molar-refractivity contribution in [2.45, 2.75) is 55.4 Å². The van der Waals surface area contributed by atoms with Gasteiger partial charge in [-0.05, 0) is 56.6 Å². The predicted molar refractivity (Wildman–Crippen MR) is 101 cm³/mol. The van der Waals surface area contributed by atoms with E-state index in [1.165, 1.54) is 17.4 Å². The molecule has 1 aromatic heterocycles. The Morgan fingerprint density at radius 2 is 1.85 bits per heavy atom. The first-order valence-electron chi connectivity index (χ1n) is 9.58. The maximum Gasteiger partial charge on any atom is 0.407 e. The fourth-order valence-corrected chi connectivity index (χ4v) is 4.50. The molecule has 0 bridgehead atoms. The van der Waals surface area contributed by atoms with Crippen LogP contribution in [0.1, 0.15) is 50.1 Å². The number of carboxylic acid groups (broad SMARTS) is 1. The van der Waals surface area contributed by atoms with Crippen LogP contribution in [0.3, 0.4) is 0 Å². The lowest BCUT2D eigenvalue weighted by Crippen LogP contribution is -2.39. The van der Waals surface area contributed by atoms with Crippen LogP contribution in [0.4, 0.5) is 4.79 Å². The van der Waals surface area contributed by atoms with Gasteiger partial charge in [0.1, 0.15) is 0 Å². The van der Waals surface area contributed by atoms with E-state index in [0.29, 0.717) is 31.5 Å². The predicted octanol–water partition coefficient (Wildman–Crippen LogP) is 2.92. The van der Waals surface area contributed by atoms with Gasteiger partial charge in [0.15, 0.2) is 9.84 Å². The van der Waals surface area contributed by atoms with E-state index in [2.05, 4.69) is 4.98 Å². The van der Waals surface area contributed by atoms with Crippen molar-refractivity contribution < 1.29 is 23.1 Å². The maximum absolute atomic E-state index is 11.5. The fraction of sp³-hybridized carbons (Fsp3) is 0.684. The number of nitrogens with zero attached hydrogens (tertiary/aromatic N) is 2. The maximum atomic E-state index is 11.5. The van der Waals surface area contributed by atoms with E-state index < -0.39 is 15.9 Å². The van der Waals surface area contributed by atoms with Crippen LogP contribution in [0.5, 0.6) is 0 Å². The summed E-state index contributed by atoms with van der Waals surface area (Å²) in [4.78, 5) is 17.0. The lowest BCUT2D eigenvalue weighted by Gasteiger charge is -2.32. The van der Waals surface area contributed by atoms with Crippen LogP contribution < -0.4 is 0 Å². The number of hydrogen-bond acceptors (Lipinski definition) is 5. The van der Waals surface area contributed by atoms with Crippen LogP contribution in [0.25, 0.3) is 0 Å². The molecule has 3 rings (SSSR count). The molecule has 7 nitrogen and oxygen atoms in total. The molecule has 2 heterocycles. The topological polar surface area (TPSA) is 96.8 Å². The molecule has 2 aliphatic rings. The summed E-state index contributed by atoms with van der Waals surface area (Å²) in [5.74, 6) is 0.806. The van der Waals surface area contributed by atoms with Crippen LogP contribution >= 0.6 is 0 Å². The van der Waals surface area contributed by atoms with E-state index in [1.54, 1.807) is 6.07 Å². The van der Waals surface area contributed by atoms with Crippen molar-refractivity contribution in [1.29, 1.82) is 0 Å². The number of carbonyl (C=O) groups is 1. The molecular weight excluding hydrogens is 368 g/mol. The van der Waals surface area contributed by atoms with Gasteiger partial charge in [0.05, 0.1) is 11.0 Å². The zero-order valence-electron chi connectivity index (χ0n) is 15.7. The quantitative estimate of drug-likeness (QED) is 0.822. The highest BCUT2D eigenvalue weighted by molar-refractivity contribution is 7.90. The lowest BCUT2D eigenvalue weighted by atomic mass is 9.85. The first-order chi connectivity index (χ1) is 12.8. The van der Waals surface area contributed by atoms with Gasteiger partial charge in [-0.2, -0.15) is 0 Å². The molecule has 1 N–H and O–H groups in total. The van der Waals surface area contributed by atoms with Crippen molar-refractivity contribution in [2.24, 2.45) is 5.92 Å². The minimum Gasteiger partial charge on any atom is -0.465 e. The van der Waals surface area contributed by atoms with E-state index in [0.717, 1.165) is 44.2 Å². The molecule has 0 aromatic carbocycles. The highest BCUT2D eigenvalue weighted by atomic mass is 32.2. The highest BCUT2D eigenvalue weighted by Gasteiger charge is 2.26. The van der Waals surface area contributed by atoms with Gasteiger partial charge in [0.25, 0.3) is 0 Å². The number of rotatable bonds is 5. The Morgan fingerprint density at radius 3 is 2.37 bits per heavy atom. The van der Waals surface area contributed by atoms with Crippen LogP contribution in [0, 0.1) is 5.92 Å². The third-order valence-electron chi connectivity index (χ3n) is 5.73. The monoisotopic (exact) mass is 396 g/mol. The summed E-state index contributed by atoms with van der Waals surface area (Å²) >= 11 is 0. The summed E-state index contributed by atoms with van der Waals surface area (Å²) in [6.45, 7) is 1.92. The zero-order valence-corrected chi connectivity index (χ0v) is 16.5. The van der Waals surface area contributed by atoms with Gasteiger partial charge < -0.3 is 14.7 Å². The van der Waals surface area contributed by atoms with Crippen molar-refractivity contribution in [2.75, 3.05) is 26.0 Å². The van der Waals surface area contributed by atoms with E-state index >= 15 is 0 Å². The third-order valence-corrected chi connectivity index (χ3v) is 6.83. The van der Waals surface area contributed by atoms with Gasteiger partial charge in [0.2, 0.25) is 0 Å². The Hall–Kier alpha value is -1.67. The highest BCUT2D eigenvalue weighted by Crippen LogP contribution is 2.33. The van der Waals surface area contributed by atoms with E-state index in [9.17, 15) is 13.2 Å². The van der Waals surface area contributed by atoms with Gasteiger partial charge in [-0.1, -0.05) is 0 Å². The molecule has 1 aromatic rings. The van der Waals surface area contributed by atoms with Crippen LogP contribution in [0.15, 0.2) is 23.2 Å². The average Bonchev–Trinajstić information content (AvgIpc) is 2.66. The molecule has 0 atom stereocenters. The standard InChI is InChI=1S/C19H28N2O5S/c1-27(24,25)17-6-7-18(20-12-17)15-2-4-16(5-3-15)26-13-14-8-10-21(11-9-14)19(22)23/h6-7,12,14-16H,2-5,8-11,13H2,1H3,(H,22,23). The Labute approximate surface area is 160 Å². The molecule has 0 radical (unpaired) electrons. The second-order valence-electron chi connectivity index (χ2n) is 7.71. The van der Waals surface area contributed by atoms with E-state index in [-0.39, 0.29) is 11.0 Å². The summed E-state index contributed by atoms with van der Waals surface area (Å²) in [6, 6.07) is 3.47. The summed E-state index contributed by atoms with van der Waals surface area (Å²) in [6.07, 6.45) is 7.77. The Balaban J connectivity index is 1.41. The first kappa shape index (κ1) is 20.1. The molecule has 2 fully saturated rings. The molecule has 1 aliphatic carbocycles. The van der Waals surface area contributed by atoms with E-state index in [1.807, 2.05) is 6.07 Å². The number of ether oxygens (including phenoxy) is 1. The molecule has 0 spiro atoms. The van der Waals surface area contributed by atoms with Gasteiger partial charge in [-0.25, -0.2) is 13.2 Å². The fourth-order valence-electron chi connectivity index (χ4n) is 3.94. The van der Waals surface area contributed by atoms with Gasteiger partial charge >= 0.3 is 6.09 Å². The largest absolute Gasteiger partial charge is 0.465 e. The Bertz CT molecular complexity index is 734. The Kier molecular flexibility index (Phi) is 6.37. The summed E-state index contributed by atoms with van der Waals surface area (Å²) in [5, 5.41) is 8.99. The molecule has 1 aliphatic heterocycles. The number of sulfone groups is 1. The average molecular weight is 397 g/mol. The normalized spacial score (nSPS) is 24.7. The smallest absolute Gasteiger partial charge is 0.407 e. The van der Waals surface area contributed by atoms with Gasteiger partial charge in [0, 0.05) is 43.8 Å². The minimum atomic E-state index is -3.20. The molecular formula is C19H28N2O5S. The molecule has 1 saturated heterocycles. The molecule has 0 unspecified atom stereocenters. The molecule has 8 heteroatoms. The number of hydrogen-bond donors (Lipinski definition) is 1. The number of amides is 1. The van der Waals surface area contributed by atoms with Gasteiger partial charge in [-0.3, -0.25) is 4.98 Å². The van der Waals surface area contributed by atoms with Crippen LogP contribution in [0.2, 0.25) is 0 Å². The SMILES string of the molecule is CS(=O)(=O)c1ccc(C2CCC(OCC3CCN(C(=O)O)CC3)CC2)nc1. The van der Waals surface area contributed by atoms with Crippen molar-refractivity contribution >= 4 is 15.9 Å². The minimum absolute atomic E-state index is 0.258. The zero-order chi connectivity index (χ0) is 19.4. The number of piperidine rings is 1. The second kappa shape index (κ2) is 8.56. The summed E-state index contributed by atoms with van der Waals surface area (Å²) < 4.78 is 29.2. The van der Waals surface area contributed by atoms with Gasteiger partial charge in [-0.15, -0.1) is 0 Å². The van der Waals surface area contributed by atoms with Crippen molar-refractivity contribution in [3.63, 3.8) is 0 Å². The van der Waals surface area contributed by atoms with Crippen molar-refractivity contribution in [3.05, 3.63) is 24.0 Å². The van der Waals surface area contributed by atoms with Crippen LogP contribution in [-0.4, -0.2) is 61.6 Å². The van der Waals surface area contributed by atoms with Crippen LogP contribution in [-0.2, 0) is 14.6 Å². The number of pyridine rings is 1. The summed E-state index contributed by atoms with van der Waals surface area (Å²) in [7, 11) is -3.20. The molecule has 150 valence electrons. The van der Waals surface area contributed by atoms with Crippen molar-refractivity contribution in [3.8, 4) is 0 Å². The summed E-state index contributed by atoms with van der Waals surface area (Å²) in [5.41, 5.74) is 0.960. The molecule has 27 heavy (non-hydrogen) atoms. The van der Waals surface area contributed by atoms with E-state index in [4.69, 9.17) is 9.84 Å². The number of likely N-dealkylation sites (tertiary alicyclic amines) is 1. The lowest BCUT2D eigenvalue weighted by molar-refractivity contribution is -0.00689. The van der Waals surface area contributed by atoms with Crippen molar-refractivity contribution in [1.82, 2.24) is 9.88 Å². The second-order valence-corrected chi connectivity index (χ2v) is 9.73. The Morgan fingerprint density at radius 1 is 1.19 bits per heavy atom. The third kappa shape index (κ3) is 5.42. The number of aromatic nitrogens is 1. The molecule has 1 saturated carbocycles. The first-order valence-corrected chi connectivity index (χ1v) is 11.5.